The fraction of sp³-hybridized carbons (Fsp3) is 0.900. The summed E-state index contributed by atoms with van der Waals surface area (Å²) in [5.74, 6) is 3.22. The zero-order valence-corrected chi connectivity index (χ0v) is 7.32. The number of carbonyl (C=O) groups is 1. The molecule has 5 atom stereocenters. The van der Waals surface area contributed by atoms with Crippen molar-refractivity contribution >= 4 is 5.97 Å². The SMILES string of the molecule is C[C@@H]1CC2CC1C1C(=O)OCC21. The van der Waals surface area contributed by atoms with Gasteiger partial charge >= 0.3 is 5.97 Å². The Balaban J connectivity index is 1.95. The summed E-state index contributed by atoms with van der Waals surface area (Å²) in [5, 5.41) is 0. The smallest absolute Gasteiger partial charge is 0.309 e. The summed E-state index contributed by atoms with van der Waals surface area (Å²) in [4.78, 5) is 11.4. The molecule has 0 N–H and O–H groups in total. The van der Waals surface area contributed by atoms with Gasteiger partial charge in [0.15, 0.2) is 0 Å². The van der Waals surface area contributed by atoms with Crippen LogP contribution >= 0.6 is 0 Å². The van der Waals surface area contributed by atoms with E-state index in [0.717, 1.165) is 18.4 Å². The third-order valence-corrected chi connectivity index (χ3v) is 4.20. The molecular weight excluding hydrogens is 152 g/mol. The van der Waals surface area contributed by atoms with Crippen LogP contribution in [0.15, 0.2) is 0 Å². The molecule has 3 fully saturated rings. The molecule has 0 aromatic heterocycles. The van der Waals surface area contributed by atoms with Gasteiger partial charge in [-0.2, -0.15) is 0 Å². The highest BCUT2D eigenvalue weighted by molar-refractivity contribution is 5.76. The first-order valence-corrected chi connectivity index (χ1v) is 4.94. The van der Waals surface area contributed by atoms with Gasteiger partial charge in [0.2, 0.25) is 0 Å². The number of ether oxygens (including phenoxy) is 1. The second-order valence-electron chi connectivity index (χ2n) is 4.69. The topological polar surface area (TPSA) is 26.3 Å². The van der Waals surface area contributed by atoms with Crippen LogP contribution in [0.2, 0.25) is 0 Å². The third-order valence-electron chi connectivity index (χ3n) is 4.20. The Morgan fingerprint density at radius 1 is 1.33 bits per heavy atom. The molecule has 2 heteroatoms. The molecule has 2 saturated carbocycles. The van der Waals surface area contributed by atoms with Crippen LogP contribution in [-0.2, 0) is 9.53 Å². The maximum absolute atomic E-state index is 11.4. The second kappa shape index (κ2) is 2.04. The van der Waals surface area contributed by atoms with Gasteiger partial charge in [-0.25, -0.2) is 0 Å². The van der Waals surface area contributed by atoms with Gasteiger partial charge in [-0.1, -0.05) is 6.92 Å². The Labute approximate surface area is 72.3 Å². The van der Waals surface area contributed by atoms with Crippen molar-refractivity contribution in [2.24, 2.45) is 29.6 Å². The Morgan fingerprint density at radius 2 is 2.17 bits per heavy atom. The largest absolute Gasteiger partial charge is 0.465 e. The molecule has 3 aliphatic rings. The molecule has 2 nitrogen and oxygen atoms in total. The first-order valence-electron chi connectivity index (χ1n) is 4.94. The van der Waals surface area contributed by atoms with E-state index in [2.05, 4.69) is 6.92 Å². The Morgan fingerprint density at radius 3 is 3.00 bits per heavy atom. The van der Waals surface area contributed by atoms with Crippen molar-refractivity contribution in [3.05, 3.63) is 0 Å². The molecule has 1 aliphatic heterocycles. The van der Waals surface area contributed by atoms with E-state index >= 15 is 0 Å². The molecule has 66 valence electrons. The number of carbonyl (C=O) groups excluding carboxylic acids is 1. The average molecular weight is 166 g/mol. The summed E-state index contributed by atoms with van der Waals surface area (Å²) in [6, 6.07) is 0. The van der Waals surface area contributed by atoms with Crippen LogP contribution in [-0.4, -0.2) is 12.6 Å². The highest BCUT2D eigenvalue weighted by atomic mass is 16.5. The lowest BCUT2D eigenvalue weighted by atomic mass is 9.76. The van der Waals surface area contributed by atoms with Crippen molar-refractivity contribution in [2.75, 3.05) is 6.61 Å². The van der Waals surface area contributed by atoms with Gasteiger partial charge in [-0.05, 0) is 30.6 Å². The summed E-state index contributed by atoms with van der Waals surface area (Å²) >= 11 is 0. The van der Waals surface area contributed by atoms with E-state index in [1.54, 1.807) is 0 Å². The molecule has 0 spiro atoms. The van der Waals surface area contributed by atoms with Crippen LogP contribution in [0.1, 0.15) is 19.8 Å². The van der Waals surface area contributed by atoms with E-state index in [-0.39, 0.29) is 5.97 Å². The molecule has 4 unspecified atom stereocenters. The minimum absolute atomic E-state index is 0.0963. The van der Waals surface area contributed by atoms with Crippen LogP contribution in [0.3, 0.4) is 0 Å². The first-order chi connectivity index (χ1) is 5.77. The fourth-order valence-electron chi connectivity index (χ4n) is 3.66. The summed E-state index contributed by atoms with van der Waals surface area (Å²) in [7, 11) is 0. The Hall–Kier alpha value is -0.530. The van der Waals surface area contributed by atoms with Crippen LogP contribution in [0.5, 0.6) is 0 Å². The second-order valence-corrected chi connectivity index (χ2v) is 4.69. The van der Waals surface area contributed by atoms with Crippen LogP contribution < -0.4 is 0 Å². The predicted octanol–water partition coefficient (Wildman–Crippen LogP) is 1.45. The van der Waals surface area contributed by atoms with Gasteiger partial charge in [0.1, 0.15) is 0 Å². The molecule has 1 saturated heterocycles. The number of hydrogen-bond donors (Lipinski definition) is 0. The van der Waals surface area contributed by atoms with Gasteiger partial charge in [-0.15, -0.1) is 0 Å². The van der Waals surface area contributed by atoms with E-state index in [1.807, 2.05) is 0 Å². The molecule has 1 heterocycles. The highest BCUT2D eigenvalue weighted by Crippen LogP contribution is 2.57. The van der Waals surface area contributed by atoms with Gasteiger partial charge in [0.25, 0.3) is 0 Å². The molecule has 0 amide bonds. The van der Waals surface area contributed by atoms with Crippen LogP contribution in [0.25, 0.3) is 0 Å². The quantitative estimate of drug-likeness (QED) is 0.509. The van der Waals surface area contributed by atoms with Crippen molar-refractivity contribution in [3.8, 4) is 0 Å². The Kier molecular flexibility index (Phi) is 1.18. The summed E-state index contributed by atoms with van der Waals surface area (Å²) in [6.45, 7) is 3.00. The van der Waals surface area contributed by atoms with Gasteiger partial charge in [0.05, 0.1) is 12.5 Å². The molecule has 3 rings (SSSR count). The van der Waals surface area contributed by atoms with Crippen LogP contribution in [0, 0.1) is 29.6 Å². The lowest BCUT2D eigenvalue weighted by Gasteiger charge is -2.25. The minimum atomic E-state index is 0.0963. The van der Waals surface area contributed by atoms with Crippen molar-refractivity contribution in [2.45, 2.75) is 19.8 Å². The van der Waals surface area contributed by atoms with Crippen molar-refractivity contribution < 1.29 is 9.53 Å². The fourth-order valence-corrected chi connectivity index (χ4v) is 3.66. The first kappa shape index (κ1) is 6.93. The number of hydrogen-bond acceptors (Lipinski definition) is 2. The van der Waals surface area contributed by atoms with Gasteiger partial charge in [-0.3, -0.25) is 4.79 Å². The molecule has 12 heavy (non-hydrogen) atoms. The zero-order valence-electron chi connectivity index (χ0n) is 7.32. The molecule has 2 aliphatic carbocycles. The van der Waals surface area contributed by atoms with E-state index < -0.39 is 0 Å². The highest BCUT2D eigenvalue weighted by Gasteiger charge is 2.57. The number of esters is 1. The van der Waals surface area contributed by atoms with Gasteiger partial charge < -0.3 is 4.74 Å². The molecule has 0 aromatic carbocycles. The third kappa shape index (κ3) is 0.644. The standard InChI is InChI=1S/C10H14O2/c1-5-2-6-3-7(5)9-8(6)4-12-10(9)11/h5-9H,2-4H2,1H3/t5-,6?,7?,8?,9?/m1/s1. The molecular formula is C10H14O2. The lowest BCUT2D eigenvalue weighted by Crippen LogP contribution is -2.27. The number of fused-ring (bicyclic) bond motifs is 5. The van der Waals surface area contributed by atoms with E-state index in [9.17, 15) is 4.79 Å². The monoisotopic (exact) mass is 166 g/mol. The Bertz CT molecular complexity index is 236. The van der Waals surface area contributed by atoms with Crippen LogP contribution in [0.4, 0.5) is 0 Å². The molecule has 0 radical (unpaired) electrons. The number of cyclic esters (lactones) is 1. The predicted molar refractivity (Wildman–Crippen MR) is 43.3 cm³/mol. The minimum Gasteiger partial charge on any atom is -0.465 e. The zero-order chi connectivity index (χ0) is 8.29. The maximum atomic E-state index is 11.4. The summed E-state index contributed by atoms with van der Waals surface area (Å²) < 4.78 is 5.11. The molecule has 2 bridgehead atoms. The molecule has 0 aromatic rings. The van der Waals surface area contributed by atoms with Crippen molar-refractivity contribution in [3.63, 3.8) is 0 Å². The summed E-state index contributed by atoms with van der Waals surface area (Å²) in [6.07, 6.45) is 2.63. The number of rotatable bonds is 0. The average Bonchev–Trinajstić information content (AvgIpc) is 2.62. The van der Waals surface area contributed by atoms with Crippen molar-refractivity contribution in [1.82, 2.24) is 0 Å². The normalized spacial score (nSPS) is 55.8. The van der Waals surface area contributed by atoms with E-state index in [4.69, 9.17) is 4.74 Å². The van der Waals surface area contributed by atoms with Gasteiger partial charge in [0, 0.05) is 5.92 Å². The lowest BCUT2D eigenvalue weighted by molar-refractivity contribution is -0.142. The van der Waals surface area contributed by atoms with Crippen molar-refractivity contribution in [1.29, 1.82) is 0 Å². The summed E-state index contributed by atoms with van der Waals surface area (Å²) in [5.41, 5.74) is 0. The maximum Gasteiger partial charge on any atom is 0.309 e. The van der Waals surface area contributed by atoms with E-state index in [0.29, 0.717) is 17.8 Å². The van der Waals surface area contributed by atoms with E-state index in [1.165, 1.54) is 12.8 Å².